The molecule has 1 atom stereocenters. The molecule has 0 bridgehead atoms. The molecule has 0 fully saturated rings. The number of likely N-dealkylation sites (N-methyl/N-ethyl adjacent to an activating group) is 1. The molecular weight excluding hydrogens is 368 g/mol. The van der Waals surface area contributed by atoms with Crippen LogP contribution < -0.4 is 5.32 Å². The van der Waals surface area contributed by atoms with Gasteiger partial charge in [0.05, 0.1) is 7.57 Å². The summed E-state index contributed by atoms with van der Waals surface area (Å²) in [6.07, 6.45) is 2.40. The van der Waals surface area contributed by atoms with Gasteiger partial charge in [0.25, 0.3) is 0 Å². The summed E-state index contributed by atoms with van der Waals surface area (Å²) in [5, 5.41) is 7.40. The second-order valence-corrected chi connectivity index (χ2v) is 7.37. The maximum Gasteiger partial charge on any atom is 0.138 e. The number of aromatic nitrogens is 3. The van der Waals surface area contributed by atoms with Gasteiger partial charge >= 0.3 is 0 Å². The molecule has 17 heavy (non-hydrogen) atoms. The first kappa shape index (κ1) is 13.2. The molecule has 0 aromatic carbocycles. The zero-order valence-electron chi connectivity index (χ0n) is 9.44. The SMILES string of the molecule is CNC(Cc1ncnn1C)c1cc(Br)sc1Br. The van der Waals surface area contributed by atoms with Crippen molar-refractivity contribution in [2.24, 2.45) is 7.05 Å². The average Bonchev–Trinajstić information content (AvgIpc) is 2.82. The first-order chi connectivity index (χ1) is 8.11. The Bertz CT molecular complexity index is 508. The average molecular weight is 380 g/mol. The molecular formula is C10H12Br2N4S. The molecule has 2 aromatic rings. The third kappa shape index (κ3) is 2.96. The molecule has 1 unspecified atom stereocenters. The van der Waals surface area contributed by atoms with Crippen LogP contribution >= 0.6 is 43.2 Å². The maximum atomic E-state index is 4.25. The smallest absolute Gasteiger partial charge is 0.138 e. The Morgan fingerprint density at radius 2 is 2.29 bits per heavy atom. The highest BCUT2D eigenvalue weighted by Gasteiger charge is 2.18. The number of hydrogen-bond acceptors (Lipinski definition) is 4. The molecule has 1 N–H and O–H groups in total. The molecule has 0 aliphatic rings. The summed E-state index contributed by atoms with van der Waals surface area (Å²) >= 11 is 8.77. The summed E-state index contributed by atoms with van der Waals surface area (Å²) < 4.78 is 4.07. The molecule has 0 amide bonds. The Kier molecular flexibility index (Phi) is 4.35. The Morgan fingerprint density at radius 3 is 2.76 bits per heavy atom. The lowest BCUT2D eigenvalue weighted by Crippen LogP contribution is -2.20. The first-order valence-electron chi connectivity index (χ1n) is 5.06. The molecule has 4 nitrogen and oxygen atoms in total. The van der Waals surface area contributed by atoms with Crippen molar-refractivity contribution in [1.82, 2.24) is 20.1 Å². The van der Waals surface area contributed by atoms with Gasteiger partial charge in [-0.25, -0.2) is 4.98 Å². The minimum absolute atomic E-state index is 0.231. The van der Waals surface area contributed by atoms with E-state index in [9.17, 15) is 0 Å². The van der Waals surface area contributed by atoms with E-state index in [1.54, 1.807) is 22.3 Å². The van der Waals surface area contributed by atoms with Crippen molar-refractivity contribution in [3.05, 3.63) is 31.4 Å². The molecule has 0 saturated carbocycles. The number of thiophene rings is 1. The Balaban J connectivity index is 2.23. The Labute approximate surface area is 121 Å². The second kappa shape index (κ2) is 5.60. The van der Waals surface area contributed by atoms with Crippen molar-refractivity contribution < 1.29 is 0 Å². The second-order valence-electron chi connectivity index (χ2n) is 3.62. The van der Waals surface area contributed by atoms with Crippen molar-refractivity contribution in [3.8, 4) is 0 Å². The lowest BCUT2D eigenvalue weighted by Gasteiger charge is -2.14. The molecule has 0 aliphatic heterocycles. The predicted molar refractivity (Wildman–Crippen MR) is 76.2 cm³/mol. The molecule has 0 spiro atoms. The van der Waals surface area contributed by atoms with Crippen LogP contribution in [0.15, 0.2) is 20.0 Å². The number of nitrogens with zero attached hydrogens (tertiary/aromatic N) is 3. The van der Waals surface area contributed by atoms with Gasteiger partial charge < -0.3 is 5.32 Å². The van der Waals surface area contributed by atoms with E-state index in [4.69, 9.17) is 0 Å². The Hall–Kier alpha value is -0.240. The number of aryl methyl sites for hydroxylation is 1. The van der Waals surface area contributed by atoms with Crippen molar-refractivity contribution >= 4 is 43.2 Å². The van der Waals surface area contributed by atoms with E-state index < -0.39 is 0 Å². The van der Waals surface area contributed by atoms with Crippen LogP contribution in [0.4, 0.5) is 0 Å². The normalized spacial score (nSPS) is 12.9. The quantitative estimate of drug-likeness (QED) is 0.887. The summed E-state index contributed by atoms with van der Waals surface area (Å²) in [5.74, 6) is 0.971. The van der Waals surface area contributed by atoms with Crippen molar-refractivity contribution in [2.45, 2.75) is 12.5 Å². The van der Waals surface area contributed by atoms with Crippen LogP contribution in [-0.2, 0) is 13.5 Å². The van der Waals surface area contributed by atoms with Crippen LogP contribution in [-0.4, -0.2) is 21.8 Å². The first-order valence-corrected chi connectivity index (χ1v) is 7.47. The Morgan fingerprint density at radius 1 is 1.53 bits per heavy atom. The largest absolute Gasteiger partial charge is 0.313 e. The highest BCUT2D eigenvalue weighted by Crippen LogP contribution is 2.36. The van der Waals surface area contributed by atoms with E-state index in [0.29, 0.717) is 0 Å². The monoisotopic (exact) mass is 378 g/mol. The lowest BCUT2D eigenvalue weighted by molar-refractivity contribution is 0.553. The van der Waals surface area contributed by atoms with Crippen LogP contribution in [0.2, 0.25) is 0 Å². The molecule has 0 aliphatic carbocycles. The van der Waals surface area contributed by atoms with Crippen LogP contribution in [0.5, 0.6) is 0 Å². The minimum atomic E-state index is 0.231. The van der Waals surface area contributed by atoms with Crippen molar-refractivity contribution in [3.63, 3.8) is 0 Å². The number of rotatable bonds is 4. The van der Waals surface area contributed by atoms with Crippen molar-refractivity contribution in [1.29, 1.82) is 0 Å². The summed E-state index contributed by atoms with van der Waals surface area (Å²) in [6.45, 7) is 0. The summed E-state index contributed by atoms with van der Waals surface area (Å²) in [5.41, 5.74) is 1.24. The van der Waals surface area contributed by atoms with Crippen LogP contribution in [0, 0.1) is 0 Å². The fourth-order valence-electron chi connectivity index (χ4n) is 1.65. The van der Waals surface area contributed by atoms with Gasteiger partial charge in [0.1, 0.15) is 12.2 Å². The number of halogens is 2. The molecule has 0 saturated heterocycles. The molecule has 2 heterocycles. The molecule has 92 valence electrons. The van der Waals surface area contributed by atoms with E-state index in [1.165, 1.54) is 5.56 Å². The van der Waals surface area contributed by atoms with Gasteiger partial charge in [-0.1, -0.05) is 0 Å². The van der Waals surface area contributed by atoms with E-state index in [0.717, 1.165) is 19.8 Å². The maximum absolute atomic E-state index is 4.25. The fourth-order valence-corrected chi connectivity index (χ4v) is 4.62. The van der Waals surface area contributed by atoms with E-state index in [1.807, 2.05) is 14.1 Å². The number of nitrogens with one attached hydrogen (secondary N) is 1. The van der Waals surface area contributed by atoms with Crippen LogP contribution in [0.1, 0.15) is 17.4 Å². The minimum Gasteiger partial charge on any atom is -0.313 e. The summed E-state index contributed by atoms with van der Waals surface area (Å²) in [7, 11) is 3.87. The zero-order chi connectivity index (χ0) is 12.4. The summed E-state index contributed by atoms with van der Waals surface area (Å²) in [6, 6.07) is 2.36. The highest BCUT2D eigenvalue weighted by molar-refractivity contribution is 9.12. The van der Waals surface area contributed by atoms with Gasteiger partial charge in [-0.2, -0.15) is 5.10 Å². The van der Waals surface area contributed by atoms with E-state index >= 15 is 0 Å². The van der Waals surface area contributed by atoms with Gasteiger partial charge in [0.15, 0.2) is 0 Å². The van der Waals surface area contributed by atoms with Crippen molar-refractivity contribution in [2.75, 3.05) is 7.05 Å². The topological polar surface area (TPSA) is 42.7 Å². The lowest BCUT2D eigenvalue weighted by atomic mass is 10.1. The molecule has 0 radical (unpaired) electrons. The van der Waals surface area contributed by atoms with Gasteiger partial charge in [0, 0.05) is 19.5 Å². The van der Waals surface area contributed by atoms with Gasteiger partial charge in [-0.3, -0.25) is 4.68 Å². The summed E-state index contributed by atoms with van der Waals surface area (Å²) in [4.78, 5) is 4.25. The van der Waals surface area contributed by atoms with Crippen LogP contribution in [0.3, 0.4) is 0 Å². The predicted octanol–water partition coefficient (Wildman–Crippen LogP) is 2.90. The van der Waals surface area contributed by atoms with Gasteiger partial charge in [0.2, 0.25) is 0 Å². The standard InChI is InChI=1S/C10H12Br2N4S/c1-13-7(4-9-14-5-15-16(9)2)6-3-8(11)17-10(6)12/h3,5,7,13H,4H2,1-2H3. The van der Waals surface area contributed by atoms with Gasteiger partial charge in [-0.05, 0) is 50.5 Å². The molecule has 2 rings (SSSR count). The van der Waals surface area contributed by atoms with Gasteiger partial charge in [-0.15, -0.1) is 11.3 Å². The third-order valence-corrected chi connectivity index (χ3v) is 4.98. The van der Waals surface area contributed by atoms with E-state index in [-0.39, 0.29) is 6.04 Å². The zero-order valence-corrected chi connectivity index (χ0v) is 13.4. The molecule has 2 aromatic heterocycles. The fraction of sp³-hybridized carbons (Fsp3) is 0.400. The molecule has 7 heteroatoms. The third-order valence-electron chi connectivity index (χ3n) is 2.60. The highest BCUT2D eigenvalue weighted by atomic mass is 79.9. The van der Waals surface area contributed by atoms with Crippen LogP contribution in [0.25, 0.3) is 0 Å². The number of hydrogen-bond donors (Lipinski definition) is 1. The van der Waals surface area contributed by atoms with E-state index in [2.05, 4.69) is 53.3 Å².